The Labute approximate surface area is 163 Å². The Hall–Kier alpha value is -2.42. The largest absolute Gasteiger partial charge is 0.333 e. The number of urea groups is 1. The van der Waals surface area contributed by atoms with E-state index in [9.17, 15) is 17.6 Å². The highest BCUT2D eigenvalue weighted by atomic mass is 32.2. The van der Waals surface area contributed by atoms with Crippen molar-refractivity contribution in [1.82, 2.24) is 14.5 Å². The van der Waals surface area contributed by atoms with Gasteiger partial charge >= 0.3 is 6.03 Å². The van der Waals surface area contributed by atoms with Crippen LogP contribution in [0.4, 0.5) is 14.9 Å². The third-order valence-electron chi connectivity index (χ3n) is 5.38. The smallest absolute Gasteiger partial charge is 0.307 e. The van der Waals surface area contributed by atoms with Crippen molar-refractivity contribution in [2.24, 2.45) is 0 Å². The van der Waals surface area contributed by atoms with Crippen molar-refractivity contribution in [1.29, 1.82) is 0 Å². The van der Waals surface area contributed by atoms with E-state index in [1.54, 1.807) is 13.8 Å². The van der Waals surface area contributed by atoms with E-state index in [1.165, 1.54) is 15.8 Å². The van der Waals surface area contributed by atoms with Crippen molar-refractivity contribution < 1.29 is 17.6 Å². The van der Waals surface area contributed by atoms with E-state index >= 15 is 0 Å². The average Bonchev–Trinajstić information content (AvgIpc) is 3.32. The number of anilines is 1. The van der Waals surface area contributed by atoms with Crippen molar-refractivity contribution in [3.8, 4) is 0 Å². The molecule has 28 heavy (non-hydrogen) atoms. The van der Waals surface area contributed by atoms with Crippen LogP contribution in [0.3, 0.4) is 0 Å². The van der Waals surface area contributed by atoms with E-state index in [-0.39, 0.29) is 6.04 Å². The van der Waals surface area contributed by atoms with E-state index < -0.39 is 26.9 Å². The summed E-state index contributed by atoms with van der Waals surface area (Å²) >= 11 is 0. The lowest BCUT2D eigenvalue weighted by atomic mass is 9.99. The molecule has 2 amide bonds. The summed E-state index contributed by atoms with van der Waals surface area (Å²) in [6.07, 6.45) is 6.70. The number of nitrogens with zero attached hydrogens (tertiary/aromatic N) is 2. The van der Waals surface area contributed by atoms with Gasteiger partial charge in [0.1, 0.15) is 0 Å². The second-order valence-corrected chi connectivity index (χ2v) is 9.25. The van der Waals surface area contributed by atoms with Gasteiger partial charge in [0.2, 0.25) is 5.03 Å². The van der Waals surface area contributed by atoms with Crippen LogP contribution in [0.1, 0.15) is 55.0 Å². The molecule has 7 nitrogen and oxygen atoms in total. The standard InChI is InChI=1S/C19H23FN4O3S/c1-11(2)24-10-16(20)18(22-24)28(26,27)23-19(25)21-17-14-7-3-5-12(14)9-13-6-4-8-15(13)17/h9-11H,3-8H2,1-2H3,(H2,21,23,25). The fourth-order valence-electron chi connectivity index (χ4n) is 4.08. The number of carbonyl (C=O) groups excluding carboxylic acids is 1. The molecule has 0 bridgehead atoms. The van der Waals surface area contributed by atoms with Crippen LogP contribution < -0.4 is 10.0 Å². The first kappa shape index (κ1) is 18.9. The number of nitrogens with one attached hydrogen (secondary N) is 2. The molecule has 1 heterocycles. The summed E-state index contributed by atoms with van der Waals surface area (Å²) in [6, 6.07) is 1.12. The molecule has 0 atom stereocenters. The number of amides is 2. The zero-order valence-electron chi connectivity index (χ0n) is 15.9. The molecule has 1 aromatic heterocycles. The molecule has 4 rings (SSSR count). The fourth-order valence-corrected chi connectivity index (χ4v) is 4.98. The van der Waals surface area contributed by atoms with Crippen molar-refractivity contribution >= 4 is 21.7 Å². The van der Waals surface area contributed by atoms with Crippen LogP contribution in [0.25, 0.3) is 0 Å². The molecule has 0 saturated heterocycles. The molecule has 0 fully saturated rings. The first-order chi connectivity index (χ1) is 13.3. The van der Waals surface area contributed by atoms with E-state index in [0.717, 1.165) is 61.5 Å². The van der Waals surface area contributed by atoms with Gasteiger partial charge in [0.05, 0.1) is 6.20 Å². The van der Waals surface area contributed by atoms with Gasteiger partial charge in [-0.25, -0.2) is 13.9 Å². The second kappa shape index (κ2) is 6.88. The summed E-state index contributed by atoms with van der Waals surface area (Å²) < 4.78 is 42.1. The van der Waals surface area contributed by atoms with Gasteiger partial charge in [-0.05, 0) is 74.6 Å². The van der Waals surface area contributed by atoms with Gasteiger partial charge in [-0.3, -0.25) is 4.68 Å². The lowest BCUT2D eigenvalue weighted by Gasteiger charge is -2.16. The normalized spacial score (nSPS) is 15.6. The van der Waals surface area contributed by atoms with Crippen LogP contribution in [0.15, 0.2) is 17.3 Å². The average molecular weight is 406 g/mol. The van der Waals surface area contributed by atoms with Gasteiger partial charge in [0, 0.05) is 11.7 Å². The molecule has 2 aliphatic rings. The summed E-state index contributed by atoms with van der Waals surface area (Å²) in [7, 11) is -4.42. The first-order valence-corrected chi connectivity index (χ1v) is 11.0. The summed E-state index contributed by atoms with van der Waals surface area (Å²) in [5.74, 6) is -0.990. The minimum absolute atomic E-state index is 0.207. The number of sulfonamides is 1. The van der Waals surface area contributed by atoms with Crippen LogP contribution in [0.2, 0.25) is 0 Å². The molecule has 2 N–H and O–H groups in total. The highest BCUT2D eigenvalue weighted by Crippen LogP contribution is 2.38. The molecule has 0 unspecified atom stereocenters. The van der Waals surface area contributed by atoms with Gasteiger partial charge in [0.15, 0.2) is 5.82 Å². The van der Waals surface area contributed by atoms with Gasteiger partial charge in [-0.15, -0.1) is 0 Å². The Morgan fingerprint density at radius 2 is 1.75 bits per heavy atom. The highest BCUT2D eigenvalue weighted by Gasteiger charge is 2.29. The molecule has 1 aromatic carbocycles. The molecular formula is C19H23FN4O3S. The molecule has 2 aliphatic carbocycles. The molecule has 0 aliphatic heterocycles. The maximum atomic E-state index is 14.1. The minimum atomic E-state index is -4.42. The third-order valence-corrected chi connectivity index (χ3v) is 6.62. The number of rotatable bonds is 4. The molecule has 9 heteroatoms. The lowest BCUT2D eigenvalue weighted by Crippen LogP contribution is -2.35. The van der Waals surface area contributed by atoms with Crippen LogP contribution in [-0.2, 0) is 35.7 Å². The first-order valence-electron chi connectivity index (χ1n) is 9.51. The monoisotopic (exact) mass is 406 g/mol. The van der Waals surface area contributed by atoms with Gasteiger partial charge < -0.3 is 5.32 Å². The number of aryl methyl sites for hydroxylation is 2. The Kier molecular flexibility index (Phi) is 4.65. The van der Waals surface area contributed by atoms with Crippen LogP contribution in [-0.4, -0.2) is 24.2 Å². The predicted octanol–water partition coefficient (Wildman–Crippen LogP) is 3.09. The predicted molar refractivity (Wildman–Crippen MR) is 102 cm³/mol. The summed E-state index contributed by atoms with van der Waals surface area (Å²) in [5, 5.41) is 5.72. The third kappa shape index (κ3) is 3.28. The molecule has 150 valence electrons. The molecule has 0 spiro atoms. The van der Waals surface area contributed by atoms with E-state index in [2.05, 4.69) is 16.5 Å². The van der Waals surface area contributed by atoms with Crippen LogP contribution >= 0.6 is 0 Å². The quantitative estimate of drug-likeness (QED) is 0.816. The lowest BCUT2D eigenvalue weighted by molar-refractivity contribution is 0.256. The number of aromatic nitrogens is 2. The maximum absolute atomic E-state index is 14.1. The number of hydrogen-bond acceptors (Lipinski definition) is 4. The summed E-state index contributed by atoms with van der Waals surface area (Å²) in [6.45, 7) is 3.50. The number of carbonyl (C=O) groups is 1. The summed E-state index contributed by atoms with van der Waals surface area (Å²) in [5.41, 5.74) is 5.34. The van der Waals surface area contributed by atoms with Crippen LogP contribution in [0, 0.1) is 5.82 Å². The topological polar surface area (TPSA) is 93.1 Å². The fraction of sp³-hybridized carbons (Fsp3) is 0.474. The van der Waals surface area contributed by atoms with E-state index in [1.807, 2.05) is 4.72 Å². The van der Waals surface area contributed by atoms with Gasteiger partial charge in [0.25, 0.3) is 10.0 Å². The maximum Gasteiger partial charge on any atom is 0.333 e. The second-order valence-electron chi connectivity index (χ2n) is 7.65. The Bertz CT molecular complexity index is 1030. The highest BCUT2D eigenvalue weighted by molar-refractivity contribution is 7.90. The van der Waals surface area contributed by atoms with Gasteiger partial charge in [-0.2, -0.15) is 13.5 Å². The van der Waals surface area contributed by atoms with Crippen molar-refractivity contribution in [3.05, 3.63) is 40.3 Å². The molecule has 0 radical (unpaired) electrons. The van der Waals surface area contributed by atoms with Gasteiger partial charge in [-0.1, -0.05) is 6.07 Å². The van der Waals surface area contributed by atoms with E-state index in [0.29, 0.717) is 0 Å². The zero-order chi connectivity index (χ0) is 20.1. The molecule has 2 aromatic rings. The molecular weight excluding hydrogens is 383 g/mol. The van der Waals surface area contributed by atoms with Crippen molar-refractivity contribution in [2.45, 2.75) is 63.4 Å². The summed E-state index contributed by atoms with van der Waals surface area (Å²) in [4.78, 5) is 12.5. The SMILES string of the molecule is CC(C)n1cc(F)c(S(=O)(=O)NC(=O)Nc2c3c(cc4c2CCC4)CCC3)n1. The number of fused-ring (bicyclic) bond motifs is 2. The molecule has 0 saturated carbocycles. The van der Waals surface area contributed by atoms with Crippen molar-refractivity contribution in [3.63, 3.8) is 0 Å². The minimum Gasteiger partial charge on any atom is -0.307 e. The number of hydrogen-bond donors (Lipinski definition) is 2. The Balaban J connectivity index is 1.59. The van der Waals surface area contributed by atoms with Crippen molar-refractivity contribution in [2.75, 3.05) is 5.32 Å². The Morgan fingerprint density at radius 1 is 1.14 bits per heavy atom. The van der Waals surface area contributed by atoms with E-state index in [4.69, 9.17) is 0 Å². The zero-order valence-corrected chi connectivity index (χ0v) is 16.7. The number of benzene rings is 1. The number of halogens is 1. The Morgan fingerprint density at radius 3 is 2.29 bits per heavy atom. The van der Waals surface area contributed by atoms with Crippen LogP contribution in [0.5, 0.6) is 0 Å².